The molecular weight excluding hydrogens is 240 g/mol. The number of aliphatic carboxylic acids is 2. The Morgan fingerprint density at radius 3 is 1.09 bits per heavy atom. The first-order valence-electron chi connectivity index (χ1n) is 2.16. The van der Waals surface area contributed by atoms with Gasteiger partial charge in [0, 0.05) is 11.5 Å². The summed E-state index contributed by atoms with van der Waals surface area (Å²) in [6.07, 6.45) is 0. The average molecular weight is 246 g/mol. The summed E-state index contributed by atoms with van der Waals surface area (Å²) < 4.78 is 0. The topological polar surface area (TPSA) is 80.3 Å². The van der Waals surface area contributed by atoms with Crippen molar-refractivity contribution in [3.8, 4) is 0 Å². The van der Waals surface area contributed by atoms with Gasteiger partial charge in [0.1, 0.15) is 0 Å². The normalized spacial score (nSPS) is 6.73. The van der Waals surface area contributed by atoms with Gasteiger partial charge in [-0.3, -0.25) is 0 Å². The molecule has 0 aliphatic heterocycles. The van der Waals surface area contributed by atoms with Gasteiger partial charge in [-0.2, -0.15) is 25.3 Å². The molecule has 11 heavy (non-hydrogen) atoms. The van der Waals surface area contributed by atoms with Crippen LogP contribution in [-0.2, 0) is 26.7 Å². The third-order valence-electron chi connectivity index (χ3n) is 0.258. The molecule has 4 nitrogen and oxygen atoms in total. The molecule has 0 unspecified atom stereocenters. The summed E-state index contributed by atoms with van der Waals surface area (Å²) in [7, 11) is 0. The predicted molar refractivity (Wildman–Crippen MR) is 37.7 cm³/mol. The van der Waals surface area contributed by atoms with E-state index in [1.165, 1.54) is 0 Å². The molecule has 0 saturated carbocycles. The van der Waals surface area contributed by atoms with Crippen LogP contribution in [0.2, 0.25) is 0 Å². The molecule has 0 aromatic heterocycles. The van der Waals surface area contributed by atoms with E-state index in [1.807, 2.05) is 0 Å². The van der Waals surface area contributed by atoms with Crippen molar-refractivity contribution in [3.05, 3.63) is 0 Å². The fourth-order valence-corrected chi connectivity index (χ4v) is 0. The molecule has 0 N–H and O–H groups in total. The smallest absolute Gasteiger partial charge is 0.549 e. The first-order chi connectivity index (χ1) is 4.54. The molecule has 7 heteroatoms. The first-order valence-corrected chi connectivity index (χ1v) is 3.42. The molecular formula is C4H6CuO4S2. The quantitative estimate of drug-likeness (QED) is 0.411. The van der Waals surface area contributed by atoms with E-state index in [0.717, 1.165) is 0 Å². The number of thiol groups is 2. The second-order valence-electron chi connectivity index (χ2n) is 1.06. The molecule has 0 saturated heterocycles. The average Bonchev–Trinajstić information content (AvgIpc) is 1.89. The Labute approximate surface area is 85.7 Å². The molecule has 0 heterocycles. The molecule has 0 spiro atoms. The van der Waals surface area contributed by atoms with Gasteiger partial charge in [-0.15, -0.1) is 0 Å². The molecule has 1 radical (unpaired) electrons. The number of carboxylic acid groups (broad SMARTS) is 2. The van der Waals surface area contributed by atoms with Crippen LogP contribution in [0.25, 0.3) is 0 Å². The van der Waals surface area contributed by atoms with Gasteiger partial charge < -0.3 is 19.8 Å². The van der Waals surface area contributed by atoms with E-state index in [0.29, 0.717) is 0 Å². The Balaban J connectivity index is -0.000000107. The largest absolute Gasteiger partial charge is 2.00 e. The van der Waals surface area contributed by atoms with E-state index >= 15 is 0 Å². The second kappa shape index (κ2) is 12.8. The van der Waals surface area contributed by atoms with Crippen LogP contribution in [0.5, 0.6) is 0 Å². The molecule has 0 bridgehead atoms. The molecule has 0 fully saturated rings. The van der Waals surface area contributed by atoms with Gasteiger partial charge in [0.15, 0.2) is 0 Å². The zero-order valence-electron chi connectivity index (χ0n) is 5.24. The first kappa shape index (κ1) is 17.3. The maximum atomic E-state index is 9.18. The number of carboxylic acids is 2. The minimum absolute atomic E-state index is 0. The van der Waals surface area contributed by atoms with Crippen molar-refractivity contribution in [1.82, 2.24) is 0 Å². The number of carbonyl (C=O) groups is 2. The van der Waals surface area contributed by atoms with Crippen LogP contribution in [0.4, 0.5) is 0 Å². The summed E-state index contributed by atoms with van der Waals surface area (Å²) in [4.78, 5) is 18.4. The van der Waals surface area contributed by atoms with E-state index in [4.69, 9.17) is 0 Å². The minimum atomic E-state index is -1.13. The fraction of sp³-hybridized carbons (Fsp3) is 0.500. The summed E-state index contributed by atoms with van der Waals surface area (Å²) in [5.74, 6) is -2.65. The Bertz CT molecular complexity index is 105. The zero-order chi connectivity index (χ0) is 8.57. The Morgan fingerprint density at radius 1 is 1.00 bits per heavy atom. The molecule has 69 valence electrons. The van der Waals surface area contributed by atoms with Crippen LogP contribution in [0.1, 0.15) is 0 Å². The van der Waals surface area contributed by atoms with Gasteiger partial charge in [-0.05, 0) is 0 Å². The zero-order valence-corrected chi connectivity index (χ0v) is 7.97. The van der Waals surface area contributed by atoms with Gasteiger partial charge in [-0.1, -0.05) is 0 Å². The summed E-state index contributed by atoms with van der Waals surface area (Å²) in [5.41, 5.74) is 0. The minimum Gasteiger partial charge on any atom is -0.549 e. The maximum Gasteiger partial charge on any atom is 2.00 e. The van der Waals surface area contributed by atoms with Gasteiger partial charge in [-0.25, -0.2) is 0 Å². The van der Waals surface area contributed by atoms with Crippen molar-refractivity contribution in [2.24, 2.45) is 0 Å². The molecule has 0 aliphatic carbocycles. The van der Waals surface area contributed by atoms with Crippen LogP contribution >= 0.6 is 25.3 Å². The number of hydrogen-bond acceptors (Lipinski definition) is 6. The van der Waals surface area contributed by atoms with Crippen LogP contribution in [0, 0.1) is 0 Å². The van der Waals surface area contributed by atoms with Crippen LogP contribution < -0.4 is 10.2 Å². The standard InChI is InChI=1S/2C2H4O2S.Cu/c2*3-2(4)1-5;/h2*5H,1H2,(H,3,4);/q;;+2/p-2. The molecule has 0 amide bonds. The SMILES string of the molecule is O=C([O-])CS.O=C([O-])CS.[Cu+2]. The van der Waals surface area contributed by atoms with Crippen molar-refractivity contribution >= 4 is 37.2 Å². The van der Waals surface area contributed by atoms with Gasteiger partial charge in [0.25, 0.3) is 0 Å². The predicted octanol–water partition coefficient (Wildman–Crippen LogP) is -2.67. The molecule has 0 aromatic rings. The van der Waals surface area contributed by atoms with Crippen molar-refractivity contribution in [2.45, 2.75) is 0 Å². The summed E-state index contributed by atoms with van der Waals surface area (Å²) in [6.45, 7) is 0. The summed E-state index contributed by atoms with van der Waals surface area (Å²) in [5, 5.41) is 18.4. The number of rotatable bonds is 2. The van der Waals surface area contributed by atoms with Crippen molar-refractivity contribution < 1.29 is 36.9 Å². The van der Waals surface area contributed by atoms with Gasteiger partial charge in [0.2, 0.25) is 0 Å². The van der Waals surface area contributed by atoms with Crippen LogP contribution in [0.15, 0.2) is 0 Å². The van der Waals surface area contributed by atoms with E-state index in [2.05, 4.69) is 25.3 Å². The molecule has 0 aromatic carbocycles. The van der Waals surface area contributed by atoms with Crippen molar-refractivity contribution in [3.63, 3.8) is 0 Å². The van der Waals surface area contributed by atoms with Crippen LogP contribution in [0.3, 0.4) is 0 Å². The summed E-state index contributed by atoms with van der Waals surface area (Å²) >= 11 is 6.71. The molecule has 0 atom stereocenters. The Hall–Kier alpha value is 0.159. The summed E-state index contributed by atoms with van der Waals surface area (Å²) in [6, 6.07) is 0. The van der Waals surface area contributed by atoms with Gasteiger partial charge in [0.05, 0.1) is 11.9 Å². The van der Waals surface area contributed by atoms with E-state index < -0.39 is 11.9 Å². The second-order valence-corrected chi connectivity index (χ2v) is 1.69. The van der Waals surface area contributed by atoms with Crippen LogP contribution in [-0.4, -0.2) is 23.4 Å². The van der Waals surface area contributed by atoms with Gasteiger partial charge >= 0.3 is 17.1 Å². The van der Waals surface area contributed by atoms with Crippen molar-refractivity contribution in [2.75, 3.05) is 11.5 Å². The third-order valence-corrected chi connectivity index (χ3v) is 0.775. The Morgan fingerprint density at radius 2 is 1.09 bits per heavy atom. The van der Waals surface area contributed by atoms with E-state index in [1.54, 1.807) is 0 Å². The fourth-order valence-electron chi connectivity index (χ4n) is 0. The maximum absolute atomic E-state index is 9.18. The van der Waals surface area contributed by atoms with Crippen molar-refractivity contribution in [1.29, 1.82) is 0 Å². The van der Waals surface area contributed by atoms with E-state index in [9.17, 15) is 19.8 Å². The Kier molecular flexibility index (Phi) is 20.1. The third kappa shape index (κ3) is 39.1. The van der Waals surface area contributed by atoms with E-state index in [-0.39, 0.29) is 28.6 Å². The molecule has 0 rings (SSSR count). The molecule has 0 aliphatic rings. The number of hydrogen-bond donors (Lipinski definition) is 2. The number of carbonyl (C=O) groups excluding carboxylic acids is 2. The monoisotopic (exact) mass is 245 g/mol.